The summed E-state index contributed by atoms with van der Waals surface area (Å²) < 4.78 is 26.6. The summed E-state index contributed by atoms with van der Waals surface area (Å²) in [4.78, 5) is 11.8. The second-order valence-corrected chi connectivity index (χ2v) is 7.74. The Bertz CT molecular complexity index is 424. The van der Waals surface area contributed by atoms with E-state index < -0.39 is 10.2 Å². The van der Waals surface area contributed by atoms with Crippen LogP contribution in [0.1, 0.15) is 32.1 Å². The van der Waals surface area contributed by atoms with Crippen molar-refractivity contribution in [1.82, 2.24) is 13.9 Å². The smallest absolute Gasteiger partial charge is 0.281 e. The van der Waals surface area contributed by atoms with Gasteiger partial charge in [-0.15, -0.1) is 0 Å². The van der Waals surface area contributed by atoms with Gasteiger partial charge in [0.05, 0.1) is 0 Å². The molecule has 0 bridgehead atoms. The van der Waals surface area contributed by atoms with Crippen LogP contribution in [0.2, 0.25) is 0 Å². The maximum absolute atomic E-state index is 11.9. The van der Waals surface area contributed by atoms with Gasteiger partial charge in [-0.2, -0.15) is 17.0 Å². The lowest BCUT2D eigenvalue weighted by atomic mass is 9.84. The van der Waals surface area contributed by atoms with Crippen LogP contribution in [-0.4, -0.2) is 56.2 Å². The van der Waals surface area contributed by atoms with Gasteiger partial charge in [0.25, 0.3) is 10.2 Å². The number of piperidine rings is 1. The summed E-state index contributed by atoms with van der Waals surface area (Å²) in [5, 5.41) is 3.05. The molecule has 0 atom stereocenters. The average molecular weight is 289 g/mol. The molecule has 2 fully saturated rings. The molecular weight excluding hydrogens is 266 g/mol. The first-order valence-corrected chi connectivity index (χ1v) is 8.29. The molecule has 0 radical (unpaired) electrons. The van der Waals surface area contributed by atoms with Crippen LogP contribution >= 0.6 is 0 Å². The Balaban J connectivity index is 1.80. The largest absolute Gasteiger partial charge is 0.353 e. The van der Waals surface area contributed by atoms with Crippen molar-refractivity contribution in [3.63, 3.8) is 0 Å². The van der Waals surface area contributed by atoms with Crippen molar-refractivity contribution in [2.24, 2.45) is 5.92 Å². The van der Waals surface area contributed by atoms with E-state index in [0.29, 0.717) is 25.9 Å². The van der Waals surface area contributed by atoms with Crippen molar-refractivity contribution in [3.05, 3.63) is 0 Å². The quantitative estimate of drug-likeness (QED) is 0.802. The highest BCUT2D eigenvalue weighted by atomic mass is 32.2. The van der Waals surface area contributed by atoms with E-state index in [0.717, 1.165) is 19.3 Å². The van der Waals surface area contributed by atoms with Crippen LogP contribution in [0, 0.1) is 5.92 Å². The molecule has 1 saturated carbocycles. The molecule has 2 aliphatic rings. The summed E-state index contributed by atoms with van der Waals surface area (Å²) in [6.45, 7) is 0.965. The van der Waals surface area contributed by atoms with E-state index in [1.54, 1.807) is 14.1 Å². The van der Waals surface area contributed by atoms with Crippen molar-refractivity contribution >= 4 is 16.1 Å². The topological polar surface area (TPSA) is 69.7 Å². The molecule has 110 valence electrons. The highest BCUT2D eigenvalue weighted by molar-refractivity contribution is 7.86. The molecule has 0 aromatic heterocycles. The number of nitrogens with one attached hydrogen (secondary N) is 1. The van der Waals surface area contributed by atoms with Crippen LogP contribution in [0.25, 0.3) is 0 Å². The van der Waals surface area contributed by atoms with Crippen LogP contribution in [0.3, 0.4) is 0 Å². The minimum absolute atomic E-state index is 0.127. The lowest BCUT2D eigenvalue weighted by molar-refractivity contribution is -0.128. The van der Waals surface area contributed by atoms with Gasteiger partial charge in [0, 0.05) is 39.1 Å². The first-order chi connectivity index (χ1) is 8.91. The third-order valence-electron chi connectivity index (χ3n) is 4.06. The number of hydrogen-bond acceptors (Lipinski definition) is 3. The van der Waals surface area contributed by atoms with Crippen molar-refractivity contribution in [2.45, 2.75) is 38.1 Å². The Labute approximate surface area is 115 Å². The number of carbonyl (C=O) groups excluding carboxylic acids is 1. The fourth-order valence-corrected chi connectivity index (χ4v) is 3.59. The monoisotopic (exact) mass is 289 g/mol. The van der Waals surface area contributed by atoms with Gasteiger partial charge in [0.15, 0.2) is 0 Å². The minimum Gasteiger partial charge on any atom is -0.353 e. The standard InChI is InChI=1S/C12H23N3O3S/c1-14(2)19(17,18)15-8-6-11(7-9-15)13-12(16)10-4-3-5-10/h10-11H,3-9H2,1-2H3,(H,13,16). The molecule has 0 unspecified atom stereocenters. The normalized spacial score (nSPS) is 23.3. The molecule has 1 aliphatic carbocycles. The SMILES string of the molecule is CN(C)S(=O)(=O)N1CCC(NC(=O)C2CCC2)CC1. The molecule has 1 N–H and O–H groups in total. The molecule has 0 aromatic carbocycles. The van der Waals surface area contributed by atoms with Gasteiger partial charge in [0.2, 0.25) is 5.91 Å². The van der Waals surface area contributed by atoms with Gasteiger partial charge >= 0.3 is 0 Å². The van der Waals surface area contributed by atoms with Crippen molar-refractivity contribution in [3.8, 4) is 0 Å². The first kappa shape index (κ1) is 14.7. The number of amides is 1. The van der Waals surface area contributed by atoms with Crippen LogP contribution in [0.5, 0.6) is 0 Å². The molecule has 1 aliphatic heterocycles. The molecule has 7 heteroatoms. The summed E-state index contributed by atoms with van der Waals surface area (Å²) in [5.74, 6) is 0.351. The van der Waals surface area contributed by atoms with E-state index in [1.165, 1.54) is 8.61 Å². The van der Waals surface area contributed by atoms with Gasteiger partial charge in [-0.3, -0.25) is 4.79 Å². The molecule has 1 amide bonds. The third-order valence-corrected chi connectivity index (χ3v) is 6.00. The van der Waals surface area contributed by atoms with Crippen LogP contribution in [0.4, 0.5) is 0 Å². The zero-order valence-corrected chi connectivity index (χ0v) is 12.4. The molecule has 1 saturated heterocycles. The van der Waals surface area contributed by atoms with E-state index >= 15 is 0 Å². The Kier molecular flexibility index (Phi) is 4.47. The number of carbonyl (C=O) groups is 1. The summed E-state index contributed by atoms with van der Waals surface area (Å²) in [5.41, 5.74) is 0. The van der Waals surface area contributed by atoms with Gasteiger partial charge in [-0.1, -0.05) is 6.42 Å². The zero-order valence-electron chi connectivity index (χ0n) is 11.6. The van der Waals surface area contributed by atoms with Gasteiger partial charge in [-0.25, -0.2) is 0 Å². The molecule has 2 rings (SSSR count). The number of rotatable bonds is 4. The Morgan fingerprint density at radius 1 is 1.16 bits per heavy atom. The van der Waals surface area contributed by atoms with Crippen LogP contribution in [0.15, 0.2) is 0 Å². The molecule has 0 aromatic rings. The van der Waals surface area contributed by atoms with Crippen LogP contribution < -0.4 is 5.32 Å². The van der Waals surface area contributed by atoms with Crippen molar-refractivity contribution in [1.29, 1.82) is 0 Å². The molecule has 19 heavy (non-hydrogen) atoms. The number of hydrogen-bond donors (Lipinski definition) is 1. The fourth-order valence-electron chi connectivity index (χ4n) is 2.45. The van der Waals surface area contributed by atoms with E-state index in [4.69, 9.17) is 0 Å². The van der Waals surface area contributed by atoms with Gasteiger partial charge in [-0.05, 0) is 25.7 Å². The van der Waals surface area contributed by atoms with E-state index in [1.807, 2.05) is 0 Å². The summed E-state index contributed by atoms with van der Waals surface area (Å²) in [7, 11) is -0.225. The zero-order chi connectivity index (χ0) is 14.0. The molecule has 0 spiro atoms. The van der Waals surface area contributed by atoms with Gasteiger partial charge < -0.3 is 5.32 Å². The minimum atomic E-state index is -3.31. The highest BCUT2D eigenvalue weighted by Gasteiger charge is 2.32. The fraction of sp³-hybridized carbons (Fsp3) is 0.917. The van der Waals surface area contributed by atoms with E-state index in [2.05, 4.69) is 5.32 Å². The lowest BCUT2D eigenvalue weighted by Crippen LogP contribution is -2.50. The number of nitrogens with zero attached hydrogens (tertiary/aromatic N) is 2. The maximum Gasteiger partial charge on any atom is 0.281 e. The van der Waals surface area contributed by atoms with Crippen molar-refractivity contribution in [2.75, 3.05) is 27.2 Å². The second-order valence-electron chi connectivity index (χ2n) is 5.60. The highest BCUT2D eigenvalue weighted by Crippen LogP contribution is 2.27. The summed E-state index contributed by atoms with van der Waals surface area (Å²) >= 11 is 0. The Morgan fingerprint density at radius 2 is 1.74 bits per heavy atom. The molecule has 1 heterocycles. The Hall–Kier alpha value is -0.660. The second kappa shape index (κ2) is 5.76. The maximum atomic E-state index is 11.9. The summed E-state index contributed by atoms with van der Waals surface area (Å²) in [6.07, 6.45) is 4.55. The summed E-state index contributed by atoms with van der Waals surface area (Å²) in [6, 6.07) is 0.127. The average Bonchev–Trinajstić information content (AvgIpc) is 2.27. The van der Waals surface area contributed by atoms with Crippen LogP contribution in [-0.2, 0) is 15.0 Å². The predicted octanol–water partition coefficient (Wildman–Crippen LogP) is 0.174. The Morgan fingerprint density at radius 3 is 2.16 bits per heavy atom. The third kappa shape index (κ3) is 3.27. The van der Waals surface area contributed by atoms with E-state index in [-0.39, 0.29) is 17.9 Å². The predicted molar refractivity (Wildman–Crippen MR) is 72.7 cm³/mol. The van der Waals surface area contributed by atoms with Gasteiger partial charge in [0.1, 0.15) is 0 Å². The first-order valence-electron chi connectivity index (χ1n) is 6.89. The molecular formula is C12H23N3O3S. The lowest BCUT2D eigenvalue weighted by Gasteiger charge is -2.34. The molecule has 6 nitrogen and oxygen atoms in total. The van der Waals surface area contributed by atoms with E-state index in [9.17, 15) is 13.2 Å². The van der Waals surface area contributed by atoms with Crippen molar-refractivity contribution < 1.29 is 13.2 Å².